The molecule has 0 spiro atoms. The average molecular weight is 772 g/mol. The van der Waals surface area contributed by atoms with Gasteiger partial charge in [0.15, 0.2) is 5.58 Å². The lowest BCUT2D eigenvalue weighted by Crippen LogP contribution is -2.55. The van der Waals surface area contributed by atoms with Crippen LogP contribution in [-0.4, -0.2) is 117 Å². The van der Waals surface area contributed by atoms with Crippen molar-refractivity contribution >= 4 is 44.8 Å². The number of carbonyl (C=O) groups excluding carboxylic acids is 4. The van der Waals surface area contributed by atoms with E-state index in [2.05, 4.69) is 20.3 Å². The Bertz CT molecular complexity index is 1680. The number of fused-ring (bicyclic) bond motifs is 1. The third kappa shape index (κ3) is 10.6. The summed E-state index contributed by atoms with van der Waals surface area (Å²) in [5.74, 6) is -0.827. The zero-order valence-corrected chi connectivity index (χ0v) is 32.2. The van der Waals surface area contributed by atoms with Gasteiger partial charge in [0.25, 0.3) is 5.89 Å². The number of hydrogen-bond donors (Lipinski definition) is 4. The lowest BCUT2D eigenvalue weighted by molar-refractivity contribution is -0.140. The minimum absolute atomic E-state index is 0.00243. The van der Waals surface area contributed by atoms with Crippen molar-refractivity contribution < 1.29 is 36.7 Å². The predicted molar refractivity (Wildman–Crippen MR) is 202 cm³/mol. The van der Waals surface area contributed by atoms with Crippen LogP contribution in [0.5, 0.6) is 0 Å². The van der Waals surface area contributed by atoms with Crippen LogP contribution in [0, 0.1) is 17.8 Å². The summed E-state index contributed by atoms with van der Waals surface area (Å²) in [7, 11) is -3.80. The first-order valence-corrected chi connectivity index (χ1v) is 21.7. The number of piperidine rings is 2. The number of carbonyl (C=O) groups is 4. The van der Waals surface area contributed by atoms with Gasteiger partial charge in [-0.05, 0) is 114 Å². The molecule has 3 aliphatic heterocycles. The molecular formula is C38H57N7O8S. The molecular weight excluding hydrogens is 715 g/mol. The first-order chi connectivity index (χ1) is 26.0. The normalized spacial score (nSPS) is 25.3. The molecule has 2 aromatic rings. The van der Waals surface area contributed by atoms with E-state index in [-0.39, 0.29) is 31.2 Å². The van der Waals surface area contributed by atoms with E-state index >= 15 is 0 Å². The molecule has 1 aliphatic carbocycles. The quantitative estimate of drug-likeness (QED) is 0.206. The molecule has 3 saturated heterocycles. The highest BCUT2D eigenvalue weighted by molar-refractivity contribution is 7.88. The number of ether oxygens (including phenoxy) is 1. The zero-order valence-electron chi connectivity index (χ0n) is 31.4. The van der Waals surface area contributed by atoms with Crippen LogP contribution in [0.3, 0.4) is 0 Å². The van der Waals surface area contributed by atoms with Crippen molar-refractivity contribution in [3.8, 4) is 0 Å². The second-order valence-electron chi connectivity index (χ2n) is 15.8. The van der Waals surface area contributed by atoms with Crippen LogP contribution >= 0.6 is 0 Å². The Morgan fingerprint density at radius 3 is 2.37 bits per heavy atom. The van der Waals surface area contributed by atoms with Crippen molar-refractivity contribution in [1.29, 1.82) is 0 Å². The van der Waals surface area contributed by atoms with E-state index in [4.69, 9.17) is 14.9 Å². The van der Waals surface area contributed by atoms with Crippen LogP contribution in [0.4, 0.5) is 4.79 Å². The molecule has 298 valence electrons. The molecule has 54 heavy (non-hydrogen) atoms. The number of aromatic nitrogens is 1. The molecule has 0 bridgehead atoms. The third-order valence-electron chi connectivity index (χ3n) is 11.7. The zero-order chi connectivity index (χ0) is 38.2. The van der Waals surface area contributed by atoms with Crippen LogP contribution in [0.1, 0.15) is 94.2 Å². The van der Waals surface area contributed by atoms with Gasteiger partial charge in [0, 0.05) is 19.5 Å². The van der Waals surface area contributed by atoms with Crippen molar-refractivity contribution in [1.82, 2.24) is 30.1 Å². The van der Waals surface area contributed by atoms with Crippen LogP contribution in [0.25, 0.3) is 11.1 Å². The van der Waals surface area contributed by atoms with Gasteiger partial charge >= 0.3 is 6.09 Å². The molecule has 1 aromatic carbocycles. The maximum atomic E-state index is 14.4. The topological polar surface area (TPSA) is 206 Å². The van der Waals surface area contributed by atoms with E-state index in [1.807, 2.05) is 0 Å². The summed E-state index contributed by atoms with van der Waals surface area (Å²) in [5, 5.41) is 6.29. The summed E-state index contributed by atoms with van der Waals surface area (Å²) in [5.41, 5.74) is 6.92. The second kappa shape index (κ2) is 18.4. The highest BCUT2D eigenvalue weighted by atomic mass is 32.2. The molecule has 16 heteroatoms. The maximum absolute atomic E-state index is 14.4. The van der Waals surface area contributed by atoms with Crippen molar-refractivity contribution in [2.45, 2.75) is 108 Å². The Kier molecular flexibility index (Phi) is 13.6. The summed E-state index contributed by atoms with van der Waals surface area (Å²) in [6, 6.07) is 3.82. The molecule has 4 atom stereocenters. The molecule has 0 radical (unpaired) electrons. The highest BCUT2D eigenvalue weighted by Gasteiger charge is 2.45. The predicted octanol–water partition coefficient (Wildman–Crippen LogP) is 2.94. The first-order valence-electron chi connectivity index (χ1n) is 19.8. The largest absolute Gasteiger partial charge is 0.444 e. The number of likely N-dealkylation sites (tertiary alicyclic amines) is 2. The molecule has 5 N–H and O–H groups in total. The number of hydrogen-bond acceptors (Lipinski definition) is 11. The summed E-state index contributed by atoms with van der Waals surface area (Å²) in [6.07, 6.45) is 9.13. The molecule has 1 saturated carbocycles. The van der Waals surface area contributed by atoms with Crippen molar-refractivity contribution in [2.24, 2.45) is 23.5 Å². The molecule has 1 aromatic heterocycles. The van der Waals surface area contributed by atoms with Crippen molar-refractivity contribution in [3.05, 3.63) is 30.2 Å². The van der Waals surface area contributed by atoms with Crippen LogP contribution in [0.15, 0.2) is 28.7 Å². The number of amides is 3. The lowest BCUT2D eigenvalue weighted by atomic mass is 9.79. The molecule has 4 heterocycles. The van der Waals surface area contributed by atoms with Crippen LogP contribution in [0.2, 0.25) is 0 Å². The van der Waals surface area contributed by atoms with E-state index in [1.54, 1.807) is 29.2 Å². The number of Topliss-reactive ketones (excluding diaryl/α,β-unsaturated/α-hetero) is 1. The molecule has 3 amide bonds. The van der Waals surface area contributed by atoms with Gasteiger partial charge in [-0.15, -0.1) is 0 Å². The number of nitrogens with one attached hydrogen (secondary N) is 3. The number of ketones is 1. The minimum Gasteiger partial charge on any atom is -0.444 e. The van der Waals surface area contributed by atoms with Gasteiger partial charge in [0.05, 0.1) is 18.8 Å². The fourth-order valence-corrected chi connectivity index (χ4v) is 9.33. The van der Waals surface area contributed by atoms with Gasteiger partial charge in [-0.1, -0.05) is 25.0 Å². The summed E-state index contributed by atoms with van der Waals surface area (Å²) >= 11 is 0. The fourth-order valence-electron chi connectivity index (χ4n) is 8.59. The third-order valence-corrected chi connectivity index (χ3v) is 12.4. The summed E-state index contributed by atoms with van der Waals surface area (Å²) < 4.78 is 39.4. The van der Waals surface area contributed by atoms with Gasteiger partial charge in [-0.3, -0.25) is 14.4 Å². The van der Waals surface area contributed by atoms with E-state index < -0.39 is 57.9 Å². The number of nitrogens with two attached hydrogens (primary N) is 1. The van der Waals surface area contributed by atoms with Crippen LogP contribution in [-0.2, 0) is 24.3 Å². The van der Waals surface area contributed by atoms with Gasteiger partial charge < -0.3 is 35.3 Å². The Balaban J connectivity index is 1.24. The molecule has 15 nitrogen and oxygen atoms in total. The number of benzene rings is 1. The molecule has 4 fully saturated rings. The number of nitrogens with zero attached hydrogens (tertiary/aromatic N) is 3. The number of oxazole rings is 1. The Labute approximate surface area is 317 Å². The minimum atomic E-state index is -3.80. The van der Waals surface area contributed by atoms with Gasteiger partial charge in [0.1, 0.15) is 23.7 Å². The first kappa shape index (κ1) is 40.1. The van der Waals surface area contributed by atoms with Crippen molar-refractivity contribution in [2.75, 3.05) is 45.5 Å². The van der Waals surface area contributed by atoms with Crippen LogP contribution < -0.4 is 21.1 Å². The van der Waals surface area contributed by atoms with Gasteiger partial charge in [-0.2, -0.15) is 0 Å². The Morgan fingerprint density at radius 2 is 1.69 bits per heavy atom. The van der Waals surface area contributed by atoms with Crippen molar-refractivity contribution in [3.63, 3.8) is 0 Å². The second-order valence-corrected chi connectivity index (χ2v) is 17.6. The fraction of sp³-hybridized carbons (Fsp3) is 0.711. The lowest BCUT2D eigenvalue weighted by Gasteiger charge is -2.32. The Morgan fingerprint density at radius 1 is 0.981 bits per heavy atom. The number of para-hydroxylation sites is 2. The standard InChI is InChI=1S/C38H57N7O8S/c1-54(50,51)43-30(14-13-25-15-17-40-18-16-25)37(48)45-24-28(52-38(49)44-19-5-2-6-20-44)22-32(45)35(47)41-31(21-26-9-11-27(23-39)12-10-26)34(46)36-42-29-7-3-4-8-33(29)53-36/h3-4,7-8,25-28,30-32,40,43H,2,5-6,9-24,39H2,1H3,(H,41,47)/t26?,27?,28-,30-,31+,32+/m1/s1. The van der Waals surface area contributed by atoms with Gasteiger partial charge in [0.2, 0.25) is 27.6 Å². The number of rotatable bonds is 14. The van der Waals surface area contributed by atoms with E-state index in [0.29, 0.717) is 55.4 Å². The van der Waals surface area contributed by atoms with Gasteiger partial charge in [-0.25, -0.2) is 22.9 Å². The smallest absolute Gasteiger partial charge is 0.410 e. The average Bonchev–Trinajstić information content (AvgIpc) is 3.81. The highest BCUT2D eigenvalue weighted by Crippen LogP contribution is 2.32. The Hall–Kier alpha value is -3.60. The van der Waals surface area contributed by atoms with E-state index in [9.17, 15) is 27.6 Å². The van der Waals surface area contributed by atoms with E-state index in [1.165, 1.54) is 4.90 Å². The number of sulfonamides is 1. The van der Waals surface area contributed by atoms with E-state index in [0.717, 1.165) is 77.1 Å². The maximum Gasteiger partial charge on any atom is 0.410 e. The molecule has 4 aliphatic rings. The monoisotopic (exact) mass is 771 g/mol. The SMILES string of the molecule is CS(=O)(=O)N[C@H](CCC1CCNCC1)C(=O)N1C[C@H](OC(=O)N2CCCCC2)C[C@H]1C(=O)N[C@@H](CC1CCC(CN)CC1)C(=O)c1nc2ccccc2o1. The molecule has 6 rings (SSSR count). The summed E-state index contributed by atoms with van der Waals surface area (Å²) in [4.78, 5) is 63.6. The summed E-state index contributed by atoms with van der Waals surface area (Å²) in [6.45, 7) is 3.39. The molecule has 0 unspecified atom stereocenters.